The third-order valence-electron chi connectivity index (χ3n) is 2.49. The first-order valence-electron chi connectivity index (χ1n) is 5.07. The fraction of sp³-hybridized carbons (Fsp3) is 0.0833. The van der Waals surface area contributed by atoms with Crippen LogP contribution in [0, 0.1) is 6.92 Å². The second kappa shape index (κ2) is 3.41. The molecule has 0 bridgehead atoms. The van der Waals surface area contributed by atoms with E-state index in [1.807, 2.05) is 31.2 Å². The predicted octanol–water partition coefficient (Wildman–Crippen LogP) is 2.33. The van der Waals surface area contributed by atoms with E-state index in [0.717, 1.165) is 28.2 Å². The molecule has 0 spiro atoms. The number of fused-ring (bicyclic) bond motifs is 1. The van der Waals surface area contributed by atoms with Crippen molar-refractivity contribution in [2.24, 2.45) is 0 Å². The van der Waals surface area contributed by atoms with Crippen LogP contribution < -0.4 is 0 Å². The third-order valence-corrected chi connectivity index (χ3v) is 2.49. The second-order valence-corrected chi connectivity index (χ2v) is 3.63. The molecule has 16 heavy (non-hydrogen) atoms. The molecule has 3 aromatic rings. The summed E-state index contributed by atoms with van der Waals surface area (Å²) in [5.41, 5.74) is 3.63. The fourth-order valence-corrected chi connectivity index (χ4v) is 1.69. The molecule has 0 aromatic carbocycles. The first-order valence-corrected chi connectivity index (χ1v) is 5.07. The summed E-state index contributed by atoms with van der Waals surface area (Å²) in [5.74, 6) is 0.770. The number of nitrogens with one attached hydrogen (secondary N) is 1. The van der Waals surface area contributed by atoms with Crippen LogP contribution in [-0.2, 0) is 0 Å². The molecule has 0 atom stereocenters. The maximum Gasteiger partial charge on any atom is 0.178 e. The summed E-state index contributed by atoms with van der Waals surface area (Å²) in [6.45, 7) is 2.02. The second-order valence-electron chi connectivity index (χ2n) is 3.63. The van der Waals surface area contributed by atoms with Gasteiger partial charge in [0, 0.05) is 12.4 Å². The van der Waals surface area contributed by atoms with Gasteiger partial charge in [-0.25, -0.2) is 9.97 Å². The van der Waals surface area contributed by atoms with Gasteiger partial charge in [-0.3, -0.25) is 4.98 Å². The van der Waals surface area contributed by atoms with Crippen molar-refractivity contribution in [1.82, 2.24) is 19.9 Å². The summed E-state index contributed by atoms with van der Waals surface area (Å²) in [6, 6.07) is 7.77. The Morgan fingerprint density at radius 3 is 2.69 bits per heavy atom. The number of nitrogens with zero attached hydrogens (tertiary/aromatic N) is 3. The molecule has 3 aromatic heterocycles. The van der Waals surface area contributed by atoms with Gasteiger partial charge in [0.05, 0.1) is 5.52 Å². The smallest absolute Gasteiger partial charge is 0.178 e. The maximum atomic E-state index is 4.41. The van der Waals surface area contributed by atoms with Crippen molar-refractivity contribution in [1.29, 1.82) is 0 Å². The lowest BCUT2D eigenvalue weighted by molar-refractivity contribution is 1.20. The number of pyridine rings is 2. The van der Waals surface area contributed by atoms with E-state index < -0.39 is 0 Å². The van der Waals surface area contributed by atoms with Gasteiger partial charge in [0.15, 0.2) is 11.5 Å². The van der Waals surface area contributed by atoms with E-state index in [1.54, 1.807) is 12.4 Å². The van der Waals surface area contributed by atoms with E-state index in [9.17, 15) is 0 Å². The lowest BCUT2D eigenvalue weighted by atomic mass is 10.2. The van der Waals surface area contributed by atoms with Crippen molar-refractivity contribution < 1.29 is 0 Å². The number of H-pyrrole nitrogens is 1. The van der Waals surface area contributed by atoms with E-state index in [2.05, 4.69) is 19.9 Å². The van der Waals surface area contributed by atoms with Gasteiger partial charge in [-0.1, -0.05) is 6.07 Å². The number of hydrogen-bond acceptors (Lipinski definition) is 3. The summed E-state index contributed by atoms with van der Waals surface area (Å²) < 4.78 is 0. The van der Waals surface area contributed by atoms with Crippen LogP contribution >= 0.6 is 0 Å². The molecule has 4 nitrogen and oxygen atoms in total. The zero-order chi connectivity index (χ0) is 11.0. The van der Waals surface area contributed by atoms with Crippen molar-refractivity contribution in [3.8, 4) is 11.5 Å². The Bertz CT molecular complexity index is 609. The predicted molar refractivity (Wildman–Crippen MR) is 61.9 cm³/mol. The Morgan fingerprint density at radius 1 is 1.06 bits per heavy atom. The molecule has 78 valence electrons. The van der Waals surface area contributed by atoms with Crippen LogP contribution in [-0.4, -0.2) is 19.9 Å². The quantitative estimate of drug-likeness (QED) is 0.670. The summed E-state index contributed by atoms with van der Waals surface area (Å²) in [7, 11) is 0. The Balaban J connectivity index is 2.23. The monoisotopic (exact) mass is 210 g/mol. The molecule has 1 N–H and O–H groups in total. The highest BCUT2D eigenvalue weighted by atomic mass is 15.0. The topological polar surface area (TPSA) is 54.5 Å². The molecule has 0 saturated carbocycles. The number of aryl methyl sites for hydroxylation is 1. The van der Waals surface area contributed by atoms with Crippen LogP contribution in [0.15, 0.2) is 36.7 Å². The number of imidazole rings is 1. The van der Waals surface area contributed by atoms with Gasteiger partial charge >= 0.3 is 0 Å². The maximum absolute atomic E-state index is 4.41. The van der Waals surface area contributed by atoms with Gasteiger partial charge in [-0.15, -0.1) is 0 Å². The fourth-order valence-electron chi connectivity index (χ4n) is 1.69. The highest BCUT2D eigenvalue weighted by Gasteiger charge is 2.08. The molecule has 0 amide bonds. The number of aromatic amines is 1. The lowest BCUT2D eigenvalue weighted by Crippen LogP contribution is -1.88. The minimum Gasteiger partial charge on any atom is -0.335 e. The molecule has 0 saturated heterocycles. The third kappa shape index (κ3) is 1.35. The number of aromatic nitrogens is 4. The van der Waals surface area contributed by atoms with E-state index in [0.29, 0.717) is 0 Å². The largest absolute Gasteiger partial charge is 0.335 e. The van der Waals surface area contributed by atoms with Crippen LogP contribution in [0.1, 0.15) is 5.56 Å². The highest BCUT2D eigenvalue weighted by molar-refractivity contribution is 5.75. The molecular formula is C12H10N4. The van der Waals surface area contributed by atoms with Crippen molar-refractivity contribution >= 4 is 11.2 Å². The van der Waals surface area contributed by atoms with Crippen molar-refractivity contribution in [3.63, 3.8) is 0 Å². The van der Waals surface area contributed by atoms with Crippen LogP contribution in [0.5, 0.6) is 0 Å². The summed E-state index contributed by atoms with van der Waals surface area (Å²) in [6.07, 6.45) is 3.50. The lowest BCUT2D eigenvalue weighted by Gasteiger charge is -1.98. The first kappa shape index (κ1) is 9.03. The SMILES string of the molecule is Cc1cccnc1-c1nc2ncccc2[nH]1. The van der Waals surface area contributed by atoms with E-state index >= 15 is 0 Å². The van der Waals surface area contributed by atoms with Crippen LogP contribution in [0.2, 0.25) is 0 Å². The molecular weight excluding hydrogens is 200 g/mol. The average Bonchev–Trinajstić information content (AvgIpc) is 2.73. The van der Waals surface area contributed by atoms with Gasteiger partial charge in [0.2, 0.25) is 0 Å². The van der Waals surface area contributed by atoms with Crippen LogP contribution in [0.25, 0.3) is 22.7 Å². The van der Waals surface area contributed by atoms with Gasteiger partial charge in [0.25, 0.3) is 0 Å². The summed E-state index contributed by atoms with van der Waals surface area (Å²) >= 11 is 0. The average molecular weight is 210 g/mol. The van der Waals surface area contributed by atoms with Crippen LogP contribution in [0.4, 0.5) is 0 Å². The Labute approximate surface area is 92.4 Å². The first-order chi connectivity index (χ1) is 7.84. The van der Waals surface area contributed by atoms with Gasteiger partial charge in [0.1, 0.15) is 5.69 Å². The minimum atomic E-state index is 0.725. The van der Waals surface area contributed by atoms with Crippen molar-refractivity contribution in [3.05, 3.63) is 42.2 Å². The zero-order valence-electron chi connectivity index (χ0n) is 8.81. The summed E-state index contributed by atoms with van der Waals surface area (Å²) in [4.78, 5) is 16.1. The Morgan fingerprint density at radius 2 is 1.88 bits per heavy atom. The van der Waals surface area contributed by atoms with Gasteiger partial charge in [-0.05, 0) is 30.7 Å². The van der Waals surface area contributed by atoms with Crippen molar-refractivity contribution in [2.45, 2.75) is 6.92 Å². The molecule has 0 aliphatic heterocycles. The van der Waals surface area contributed by atoms with E-state index in [4.69, 9.17) is 0 Å². The molecule has 0 aliphatic carbocycles. The Kier molecular flexibility index (Phi) is 1.93. The minimum absolute atomic E-state index is 0.725. The van der Waals surface area contributed by atoms with E-state index in [1.165, 1.54) is 0 Å². The van der Waals surface area contributed by atoms with Gasteiger partial charge < -0.3 is 4.98 Å². The normalized spacial score (nSPS) is 10.8. The number of rotatable bonds is 1. The molecule has 3 rings (SSSR count). The van der Waals surface area contributed by atoms with E-state index in [-0.39, 0.29) is 0 Å². The van der Waals surface area contributed by atoms with Gasteiger partial charge in [-0.2, -0.15) is 0 Å². The molecule has 4 heteroatoms. The summed E-state index contributed by atoms with van der Waals surface area (Å²) in [5, 5.41) is 0. The zero-order valence-corrected chi connectivity index (χ0v) is 8.81. The molecule has 0 unspecified atom stereocenters. The highest BCUT2D eigenvalue weighted by Crippen LogP contribution is 2.19. The molecule has 0 fully saturated rings. The number of hydrogen-bond donors (Lipinski definition) is 1. The molecule has 3 heterocycles. The standard InChI is InChI=1S/C12H10N4/c1-8-4-2-6-13-10(8)12-15-9-5-3-7-14-11(9)16-12/h2-7H,1H3,(H,14,15,16). The molecule has 0 radical (unpaired) electrons. The van der Waals surface area contributed by atoms with Crippen molar-refractivity contribution in [2.75, 3.05) is 0 Å². The molecule has 0 aliphatic rings. The Hall–Kier alpha value is -2.23. The van der Waals surface area contributed by atoms with Crippen LogP contribution in [0.3, 0.4) is 0 Å².